The van der Waals surface area contributed by atoms with Crippen LogP contribution in [0.4, 0.5) is 0 Å². The monoisotopic (exact) mass is 320 g/mol. The molecular weight excluding hydrogens is 298 g/mol. The van der Waals surface area contributed by atoms with Crippen molar-refractivity contribution in [2.24, 2.45) is 4.58 Å². The van der Waals surface area contributed by atoms with Crippen LogP contribution in [0.1, 0.15) is 36.0 Å². The second kappa shape index (κ2) is 8.60. The van der Waals surface area contributed by atoms with Crippen LogP contribution in [0.5, 0.6) is 0 Å². The summed E-state index contributed by atoms with van der Waals surface area (Å²) in [4.78, 5) is 45.4. The lowest BCUT2D eigenvalue weighted by atomic mass is 10.0. The van der Waals surface area contributed by atoms with Crippen molar-refractivity contribution in [2.45, 2.75) is 51.5 Å². The number of carbonyl (C=O) groups excluding carboxylic acids is 3. The number of amides is 2. The van der Waals surface area contributed by atoms with Crippen molar-refractivity contribution in [3.05, 3.63) is 4.91 Å². The predicted molar refractivity (Wildman–Crippen MR) is 79.3 cm³/mol. The predicted octanol–water partition coefficient (Wildman–Crippen LogP) is 0.752. The molecule has 120 valence electrons. The van der Waals surface area contributed by atoms with Crippen LogP contribution in [0.25, 0.3) is 0 Å². The molecule has 0 aliphatic rings. The number of esters is 1. The lowest BCUT2D eigenvalue weighted by molar-refractivity contribution is -0.147. The van der Waals surface area contributed by atoms with Crippen LogP contribution >= 0.6 is 11.9 Å². The van der Waals surface area contributed by atoms with Crippen LogP contribution in [0.2, 0.25) is 0 Å². The van der Waals surface area contributed by atoms with Crippen LogP contribution in [-0.4, -0.2) is 41.2 Å². The van der Waals surface area contributed by atoms with E-state index < -0.39 is 35.5 Å². The van der Waals surface area contributed by atoms with Gasteiger partial charge in [-0.05, 0) is 27.7 Å². The van der Waals surface area contributed by atoms with Gasteiger partial charge < -0.3 is 15.4 Å². The minimum atomic E-state index is -1.13. The molecule has 0 aromatic carbocycles. The van der Waals surface area contributed by atoms with Crippen molar-refractivity contribution in [3.8, 4) is 0 Å². The molecular formula is C12H21N3O5S. The summed E-state index contributed by atoms with van der Waals surface area (Å²) in [6, 6.07) is -1.13. The van der Waals surface area contributed by atoms with Gasteiger partial charge in [-0.3, -0.25) is 14.4 Å². The summed E-state index contributed by atoms with van der Waals surface area (Å²) in [5.41, 5.74) is 0. The van der Waals surface area contributed by atoms with Crippen molar-refractivity contribution in [2.75, 3.05) is 6.54 Å². The van der Waals surface area contributed by atoms with Gasteiger partial charge in [0.1, 0.15) is 12.6 Å². The zero-order valence-corrected chi connectivity index (χ0v) is 13.3. The summed E-state index contributed by atoms with van der Waals surface area (Å²) in [7, 11) is 0. The molecule has 0 unspecified atom stereocenters. The van der Waals surface area contributed by atoms with Gasteiger partial charge >= 0.3 is 5.97 Å². The maximum absolute atomic E-state index is 12.2. The first-order valence-electron chi connectivity index (χ1n) is 6.91. The molecule has 0 aliphatic carbocycles. The second-order valence-corrected chi connectivity index (χ2v) is 6.41. The summed E-state index contributed by atoms with van der Waals surface area (Å²) in [5.74, 6) is -1.96. The smallest absolute Gasteiger partial charge is 0.325 e. The first kappa shape index (κ1) is 17.4. The zero-order valence-electron chi connectivity index (χ0n) is 13.5. The number of nitrogens with one attached hydrogen (secondary N) is 2. The van der Waals surface area contributed by atoms with Gasteiger partial charge in [-0.1, -0.05) is 0 Å². The molecule has 0 bridgehead atoms. The minimum absolute atomic E-state index is 0.311. The summed E-state index contributed by atoms with van der Waals surface area (Å²) in [6.45, 7) is 5.51. The Balaban J connectivity index is 4.86. The first-order chi connectivity index (χ1) is 10.1. The van der Waals surface area contributed by atoms with E-state index in [0.717, 1.165) is 0 Å². The Morgan fingerprint density at radius 2 is 2.00 bits per heavy atom. The summed E-state index contributed by atoms with van der Waals surface area (Å²) in [5, 5.41) is 4.68. The third-order valence-electron chi connectivity index (χ3n) is 2.31. The van der Waals surface area contributed by atoms with E-state index in [1.807, 2.05) is 0 Å². The molecule has 9 heteroatoms. The van der Waals surface area contributed by atoms with Crippen molar-refractivity contribution in [1.82, 2.24) is 10.6 Å². The number of nitroso groups, excluding NO2 is 1. The van der Waals surface area contributed by atoms with Crippen molar-refractivity contribution < 1.29 is 20.5 Å². The highest BCUT2D eigenvalue weighted by Crippen LogP contribution is 2.29. The van der Waals surface area contributed by atoms with Gasteiger partial charge in [-0.15, -0.1) is 4.91 Å². The topological polar surface area (TPSA) is 114 Å². The lowest BCUT2D eigenvalue weighted by Gasteiger charge is -2.30. The number of rotatable bonds is 8. The fourth-order valence-electron chi connectivity index (χ4n) is 1.43. The molecule has 0 heterocycles. The molecule has 1 atom stereocenters. The second-order valence-electron chi connectivity index (χ2n) is 5.03. The lowest BCUT2D eigenvalue weighted by Crippen LogP contribution is -2.56. The molecule has 2 N–H and O–H groups in total. The van der Waals surface area contributed by atoms with E-state index in [4.69, 9.17) is 6.11 Å². The Bertz CT molecular complexity index is 431. The van der Waals surface area contributed by atoms with Gasteiger partial charge in [0.05, 0.1) is 10.9 Å². The molecule has 0 aliphatic heterocycles. The number of hydrogen-bond acceptors (Lipinski definition) is 7. The Labute approximate surface area is 129 Å². The van der Waals surface area contributed by atoms with E-state index in [2.05, 4.69) is 15.2 Å². The summed E-state index contributed by atoms with van der Waals surface area (Å²) in [6.07, 6.45) is -0.311. The van der Waals surface area contributed by atoms with Gasteiger partial charge in [-0.25, -0.2) is 0 Å². The largest absolute Gasteiger partial charge is 0.462 e. The van der Waals surface area contributed by atoms with Crippen molar-refractivity contribution in [1.29, 1.82) is 0 Å². The Morgan fingerprint density at radius 1 is 1.38 bits per heavy atom. The average molecular weight is 320 g/mol. The number of hydrogen-bond donors (Lipinski definition) is 2. The van der Waals surface area contributed by atoms with Crippen LogP contribution in [0.3, 0.4) is 0 Å². The van der Waals surface area contributed by atoms with Crippen molar-refractivity contribution >= 4 is 29.7 Å². The zero-order chi connectivity index (χ0) is 17.3. The molecule has 0 aromatic heterocycles. The molecule has 0 saturated carbocycles. The van der Waals surface area contributed by atoms with E-state index >= 15 is 0 Å². The van der Waals surface area contributed by atoms with E-state index in [-0.39, 0.29) is 12.6 Å². The third kappa shape index (κ3) is 7.64. The minimum Gasteiger partial charge on any atom is -0.462 e. The molecule has 0 spiro atoms. The van der Waals surface area contributed by atoms with E-state index in [9.17, 15) is 19.3 Å². The molecule has 0 saturated heterocycles. The average Bonchev–Trinajstić information content (AvgIpc) is 2.40. The third-order valence-corrected chi connectivity index (χ3v) is 3.09. The van der Waals surface area contributed by atoms with E-state index in [0.29, 0.717) is 11.9 Å². The number of ether oxygens (including phenoxy) is 1. The van der Waals surface area contributed by atoms with Gasteiger partial charge in [0.2, 0.25) is 11.8 Å². The van der Waals surface area contributed by atoms with E-state index in [1.165, 1.54) is 0 Å². The van der Waals surface area contributed by atoms with Gasteiger partial charge in [0, 0.05) is 24.8 Å². The highest BCUT2D eigenvalue weighted by molar-refractivity contribution is 7.99. The molecule has 0 radical (unpaired) electrons. The molecule has 8 nitrogen and oxygen atoms in total. The Hall–Kier alpha value is -1.64. The maximum Gasteiger partial charge on any atom is 0.325 e. The van der Waals surface area contributed by atoms with Gasteiger partial charge in [0.15, 0.2) is 0 Å². The highest BCUT2D eigenvalue weighted by Gasteiger charge is 2.37. The molecule has 2 amide bonds. The Kier molecular flexibility index (Phi) is 7.13. The number of carbonyl (C=O) groups is 3. The summed E-state index contributed by atoms with van der Waals surface area (Å²) < 4.78 is 13.5. The maximum atomic E-state index is 12.2. The van der Waals surface area contributed by atoms with E-state index in [1.54, 1.807) is 27.7 Å². The van der Waals surface area contributed by atoms with Gasteiger partial charge in [0.25, 0.3) is 0 Å². The first-order valence-corrected chi connectivity index (χ1v) is 6.98. The number of nitrogens with zero attached hydrogens (tertiary/aromatic N) is 1. The SMILES string of the molecule is [2H]CC(=O)N[C@H](C(=O)NCC(=O)OC(C)C)C(C)(C)SN=O. The molecule has 0 fully saturated rings. The fourth-order valence-corrected chi connectivity index (χ4v) is 1.89. The van der Waals surface area contributed by atoms with Crippen LogP contribution in [0, 0.1) is 4.91 Å². The fraction of sp³-hybridized carbons (Fsp3) is 0.750. The van der Waals surface area contributed by atoms with Crippen LogP contribution < -0.4 is 10.6 Å². The molecule has 0 aromatic rings. The van der Waals surface area contributed by atoms with Crippen LogP contribution in [0.15, 0.2) is 4.58 Å². The highest BCUT2D eigenvalue weighted by atomic mass is 32.2. The van der Waals surface area contributed by atoms with Crippen molar-refractivity contribution in [3.63, 3.8) is 0 Å². The molecule has 21 heavy (non-hydrogen) atoms. The summed E-state index contributed by atoms with van der Waals surface area (Å²) >= 11 is 0.584. The normalized spacial score (nSPS) is 13.1. The van der Waals surface area contributed by atoms with Gasteiger partial charge in [-0.2, -0.15) is 0 Å². The quantitative estimate of drug-likeness (QED) is 0.387. The Morgan fingerprint density at radius 3 is 2.48 bits per heavy atom. The van der Waals surface area contributed by atoms with Crippen LogP contribution in [-0.2, 0) is 19.1 Å². The standard InChI is InChI=1S/C12H21N3O5S/c1-7(2)20-9(17)6-13-11(18)10(14-8(3)16)12(4,5)21-15-19/h7,10H,6H2,1-5H3,(H,13,18)(H,14,16)/t10-/m1/s1/i3D. The molecule has 0 rings (SSSR count).